The van der Waals surface area contributed by atoms with Crippen LogP contribution in [-0.4, -0.2) is 43.0 Å². The average molecular weight is 367 g/mol. The zero-order valence-corrected chi connectivity index (χ0v) is 14.4. The summed E-state index contributed by atoms with van der Waals surface area (Å²) in [6.07, 6.45) is 3.63. The van der Waals surface area contributed by atoms with Crippen molar-refractivity contribution in [1.29, 1.82) is 0 Å². The maximum Gasteiger partial charge on any atom is 0.273 e. The monoisotopic (exact) mass is 367 g/mol. The Morgan fingerprint density at radius 1 is 1.19 bits per heavy atom. The number of amides is 2. The van der Waals surface area contributed by atoms with Gasteiger partial charge in [-0.25, -0.2) is 0 Å². The quantitative estimate of drug-likeness (QED) is 0.458. The van der Waals surface area contributed by atoms with E-state index in [0.29, 0.717) is 23.1 Å². The summed E-state index contributed by atoms with van der Waals surface area (Å²) >= 11 is 0. The molecule has 0 saturated carbocycles. The molecule has 6 N–H and O–H groups in total. The zero-order valence-electron chi connectivity index (χ0n) is 14.4. The molecule has 1 atom stereocenters. The molecule has 0 aliphatic heterocycles. The minimum atomic E-state index is -0.808. The van der Waals surface area contributed by atoms with E-state index in [0.717, 1.165) is 0 Å². The molecule has 0 radical (unpaired) electrons. The van der Waals surface area contributed by atoms with Gasteiger partial charge < -0.3 is 22.1 Å². The van der Waals surface area contributed by atoms with E-state index in [1.54, 1.807) is 31.5 Å². The van der Waals surface area contributed by atoms with Crippen molar-refractivity contribution in [2.24, 2.45) is 11.5 Å². The first-order chi connectivity index (χ1) is 13.0. The number of nitrogens with two attached hydrogens (primary N) is 2. The Bertz CT molecular complexity index is 1010. The number of pyridine rings is 2. The predicted molar refractivity (Wildman–Crippen MR) is 98.1 cm³/mol. The number of rotatable bonds is 7. The standard InChI is InChI=1S/C16H17N9O2/c1-2-9(13(17)26)22-16-23-15(12(14(18)27)24-25-16)21-8-6-11-10(20-7-8)4-3-5-19-11/h3-7,9H,2H2,1H3,(H2,17,26)(H2,18,27)(H2,21,22,23,25)/t9-/m1/s1. The summed E-state index contributed by atoms with van der Waals surface area (Å²) in [5.41, 5.74) is 12.4. The van der Waals surface area contributed by atoms with Gasteiger partial charge in [-0.1, -0.05) is 6.92 Å². The lowest BCUT2D eigenvalue weighted by Gasteiger charge is -2.14. The lowest BCUT2D eigenvalue weighted by Crippen LogP contribution is -2.35. The molecule has 0 aromatic carbocycles. The molecule has 27 heavy (non-hydrogen) atoms. The van der Waals surface area contributed by atoms with E-state index in [1.807, 2.05) is 6.07 Å². The number of aromatic nitrogens is 5. The van der Waals surface area contributed by atoms with Crippen LogP contribution in [0.25, 0.3) is 11.0 Å². The number of fused-ring (bicyclic) bond motifs is 1. The number of nitrogens with zero attached hydrogens (tertiary/aromatic N) is 5. The number of anilines is 3. The van der Waals surface area contributed by atoms with Crippen LogP contribution in [0, 0.1) is 0 Å². The second-order valence-electron chi connectivity index (χ2n) is 5.60. The largest absolute Gasteiger partial charge is 0.368 e. The van der Waals surface area contributed by atoms with Crippen molar-refractivity contribution in [2.45, 2.75) is 19.4 Å². The SMILES string of the molecule is CC[C@@H](Nc1nnc(C(N)=O)c(Nc2cnc3cccnc3c2)n1)C(N)=O. The van der Waals surface area contributed by atoms with Crippen LogP contribution in [0.1, 0.15) is 23.8 Å². The summed E-state index contributed by atoms with van der Waals surface area (Å²) in [5.74, 6) is -1.27. The summed E-state index contributed by atoms with van der Waals surface area (Å²) in [5, 5.41) is 13.3. The molecule has 11 nitrogen and oxygen atoms in total. The van der Waals surface area contributed by atoms with E-state index < -0.39 is 17.9 Å². The normalized spacial score (nSPS) is 11.7. The molecule has 3 rings (SSSR count). The molecule has 0 unspecified atom stereocenters. The second kappa shape index (κ2) is 7.56. The van der Waals surface area contributed by atoms with Crippen LogP contribution < -0.4 is 22.1 Å². The summed E-state index contributed by atoms with van der Waals surface area (Å²) in [6.45, 7) is 1.78. The van der Waals surface area contributed by atoms with E-state index in [1.165, 1.54) is 0 Å². The van der Waals surface area contributed by atoms with E-state index in [-0.39, 0.29) is 17.5 Å². The van der Waals surface area contributed by atoms with Gasteiger partial charge in [0, 0.05) is 6.20 Å². The molecular weight excluding hydrogens is 350 g/mol. The number of carbonyl (C=O) groups is 2. The highest BCUT2D eigenvalue weighted by Crippen LogP contribution is 2.20. The van der Waals surface area contributed by atoms with Gasteiger partial charge in [0.05, 0.1) is 22.9 Å². The van der Waals surface area contributed by atoms with Crippen molar-refractivity contribution in [3.05, 3.63) is 36.3 Å². The smallest absolute Gasteiger partial charge is 0.273 e. The van der Waals surface area contributed by atoms with Crippen LogP contribution in [0.5, 0.6) is 0 Å². The molecule has 0 saturated heterocycles. The van der Waals surface area contributed by atoms with Crippen LogP contribution in [0.4, 0.5) is 17.5 Å². The van der Waals surface area contributed by atoms with E-state index in [9.17, 15) is 9.59 Å². The van der Waals surface area contributed by atoms with Crippen LogP contribution >= 0.6 is 0 Å². The molecule has 3 heterocycles. The predicted octanol–water partition coefficient (Wildman–Crippen LogP) is 0.333. The van der Waals surface area contributed by atoms with Crippen LogP contribution in [0.2, 0.25) is 0 Å². The van der Waals surface area contributed by atoms with Gasteiger partial charge in [0.15, 0.2) is 11.5 Å². The number of carbonyl (C=O) groups excluding carboxylic acids is 2. The third-order valence-corrected chi connectivity index (χ3v) is 3.69. The third kappa shape index (κ3) is 4.03. The highest BCUT2D eigenvalue weighted by Gasteiger charge is 2.18. The summed E-state index contributed by atoms with van der Waals surface area (Å²) in [4.78, 5) is 35.7. The molecule has 0 bridgehead atoms. The first kappa shape index (κ1) is 17.9. The molecular formula is C16H17N9O2. The number of nitrogens with one attached hydrogen (secondary N) is 2. The maximum atomic E-state index is 11.6. The average Bonchev–Trinajstić information content (AvgIpc) is 2.65. The number of hydrogen-bond donors (Lipinski definition) is 4. The van der Waals surface area contributed by atoms with Crippen molar-refractivity contribution in [1.82, 2.24) is 25.1 Å². The number of hydrogen-bond acceptors (Lipinski definition) is 9. The molecule has 3 aromatic rings. The Hall–Kier alpha value is -3.89. The molecule has 0 fully saturated rings. The van der Waals surface area contributed by atoms with E-state index in [2.05, 4.69) is 35.8 Å². The number of primary amides is 2. The molecule has 138 valence electrons. The molecule has 0 aliphatic carbocycles. The van der Waals surface area contributed by atoms with Crippen molar-refractivity contribution in [2.75, 3.05) is 10.6 Å². The Kier molecular flexibility index (Phi) is 5.01. The molecule has 2 amide bonds. The minimum Gasteiger partial charge on any atom is -0.368 e. The van der Waals surface area contributed by atoms with Gasteiger partial charge in [-0.2, -0.15) is 4.98 Å². The van der Waals surface area contributed by atoms with Gasteiger partial charge in [0.2, 0.25) is 11.9 Å². The lowest BCUT2D eigenvalue weighted by atomic mass is 10.2. The van der Waals surface area contributed by atoms with Crippen molar-refractivity contribution in [3.63, 3.8) is 0 Å². The Morgan fingerprint density at radius 3 is 2.70 bits per heavy atom. The highest BCUT2D eigenvalue weighted by atomic mass is 16.1. The second-order valence-corrected chi connectivity index (χ2v) is 5.60. The summed E-state index contributed by atoms with van der Waals surface area (Å²) in [6, 6.07) is 4.67. The summed E-state index contributed by atoms with van der Waals surface area (Å²) < 4.78 is 0. The highest BCUT2D eigenvalue weighted by molar-refractivity contribution is 5.96. The fraction of sp³-hybridized carbons (Fsp3) is 0.188. The Morgan fingerprint density at radius 2 is 2.00 bits per heavy atom. The van der Waals surface area contributed by atoms with Gasteiger partial charge in [-0.3, -0.25) is 19.6 Å². The first-order valence-electron chi connectivity index (χ1n) is 8.06. The van der Waals surface area contributed by atoms with Gasteiger partial charge in [-0.05, 0) is 24.6 Å². The fourth-order valence-electron chi connectivity index (χ4n) is 2.33. The molecule has 11 heteroatoms. The lowest BCUT2D eigenvalue weighted by molar-refractivity contribution is -0.118. The zero-order chi connectivity index (χ0) is 19.4. The van der Waals surface area contributed by atoms with E-state index in [4.69, 9.17) is 11.5 Å². The van der Waals surface area contributed by atoms with Crippen molar-refractivity contribution in [3.8, 4) is 0 Å². The van der Waals surface area contributed by atoms with E-state index >= 15 is 0 Å². The van der Waals surface area contributed by atoms with Crippen molar-refractivity contribution >= 4 is 40.3 Å². The summed E-state index contributed by atoms with van der Waals surface area (Å²) in [7, 11) is 0. The topological polar surface area (TPSA) is 175 Å². The Labute approximate surface area is 153 Å². The van der Waals surface area contributed by atoms with Gasteiger partial charge >= 0.3 is 0 Å². The maximum absolute atomic E-state index is 11.6. The van der Waals surface area contributed by atoms with Gasteiger partial charge in [-0.15, -0.1) is 10.2 Å². The first-order valence-corrected chi connectivity index (χ1v) is 8.06. The third-order valence-electron chi connectivity index (χ3n) is 3.69. The molecule has 0 spiro atoms. The van der Waals surface area contributed by atoms with Gasteiger partial charge in [0.1, 0.15) is 6.04 Å². The van der Waals surface area contributed by atoms with Crippen LogP contribution in [0.3, 0.4) is 0 Å². The Balaban J connectivity index is 1.94. The van der Waals surface area contributed by atoms with Crippen LogP contribution in [0.15, 0.2) is 30.6 Å². The van der Waals surface area contributed by atoms with Gasteiger partial charge in [0.25, 0.3) is 5.91 Å². The van der Waals surface area contributed by atoms with Crippen molar-refractivity contribution < 1.29 is 9.59 Å². The fourth-order valence-corrected chi connectivity index (χ4v) is 2.33. The molecule has 3 aromatic heterocycles. The van der Waals surface area contributed by atoms with Crippen LogP contribution in [-0.2, 0) is 4.79 Å². The molecule has 0 aliphatic rings. The minimum absolute atomic E-state index is 0.0278.